The summed E-state index contributed by atoms with van der Waals surface area (Å²) >= 11 is 5.81. The van der Waals surface area contributed by atoms with E-state index in [0.717, 1.165) is 5.56 Å². The molecule has 0 saturated carbocycles. The lowest BCUT2D eigenvalue weighted by Gasteiger charge is -2.18. The Labute approximate surface area is 112 Å². The molecule has 2 unspecified atom stereocenters. The van der Waals surface area contributed by atoms with E-state index >= 15 is 0 Å². The van der Waals surface area contributed by atoms with E-state index in [9.17, 15) is 4.57 Å². The van der Waals surface area contributed by atoms with Gasteiger partial charge in [-0.05, 0) is 26.0 Å². The lowest BCUT2D eigenvalue weighted by Crippen LogP contribution is -2.28. The third-order valence-corrected chi connectivity index (χ3v) is 3.75. The van der Waals surface area contributed by atoms with Crippen molar-refractivity contribution < 1.29 is 18.9 Å². The van der Waals surface area contributed by atoms with E-state index in [4.69, 9.17) is 20.7 Å². The molecular weight excluding hydrogens is 277 g/mol. The van der Waals surface area contributed by atoms with E-state index < -0.39 is 6.87 Å². The van der Waals surface area contributed by atoms with Gasteiger partial charge in [0, 0.05) is 17.3 Å². The average molecular weight is 294 g/mol. The topological polar surface area (TPSA) is 56.8 Å². The summed E-state index contributed by atoms with van der Waals surface area (Å²) in [5, 5.41) is 2.65. The number of rotatable bonds is 7. The van der Waals surface area contributed by atoms with Gasteiger partial charge in [0.05, 0.1) is 13.7 Å². The van der Waals surface area contributed by atoms with Crippen molar-refractivity contribution in [2.24, 2.45) is 0 Å². The molecule has 0 radical (unpaired) electrons. The third kappa shape index (κ3) is 5.85. The molecule has 1 N–H and O–H groups in total. The highest BCUT2D eigenvalue weighted by Crippen LogP contribution is 2.48. The molecule has 1 aromatic carbocycles. The lowest BCUT2D eigenvalue weighted by atomic mass is 10.2. The molecule has 0 bridgehead atoms. The molecule has 1 rings (SSSR count). The van der Waals surface area contributed by atoms with Crippen molar-refractivity contribution in [1.82, 2.24) is 5.09 Å². The Kier molecular flexibility index (Phi) is 6.12. The standard InChI is InChI=1S/C11H17ClNO4P/c1-9-4-6-11(7-5-9)17-18(12,14)13-10(2)8-16-15-3/h4-7,10H,8H2,1-3H3,(H,13,14). The molecular formula is C11H17ClNO4P. The Morgan fingerprint density at radius 3 is 2.56 bits per heavy atom. The van der Waals surface area contributed by atoms with Crippen LogP contribution in [0.1, 0.15) is 12.5 Å². The van der Waals surface area contributed by atoms with Crippen LogP contribution in [0.5, 0.6) is 5.75 Å². The van der Waals surface area contributed by atoms with Crippen molar-refractivity contribution in [1.29, 1.82) is 0 Å². The molecule has 0 amide bonds. The fourth-order valence-electron chi connectivity index (χ4n) is 1.23. The van der Waals surface area contributed by atoms with Crippen LogP contribution in [-0.4, -0.2) is 19.8 Å². The number of nitrogens with one attached hydrogen (secondary N) is 1. The molecule has 5 nitrogen and oxygen atoms in total. The van der Waals surface area contributed by atoms with Gasteiger partial charge in [0.25, 0.3) is 0 Å². The number of hydrogen-bond donors (Lipinski definition) is 1. The predicted molar refractivity (Wildman–Crippen MR) is 70.8 cm³/mol. The maximum absolute atomic E-state index is 12.0. The van der Waals surface area contributed by atoms with Crippen molar-refractivity contribution in [2.45, 2.75) is 19.9 Å². The zero-order valence-corrected chi connectivity index (χ0v) is 12.2. The quantitative estimate of drug-likeness (QED) is 0.475. The Morgan fingerprint density at radius 1 is 1.39 bits per heavy atom. The van der Waals surface area contributed by atoms with Crippen molar-refractivity contribution >= 4 is 18.1 Å². The molecule has 102 valence electrons. The van der Waals surface area contributed by atoms with Gasteiger partial charge in [-0.25, -0.2) is 19.4 Å². The summed E-state index contributed by atoms with van der Waals surface area (Å²) in [7, 11) is 1.40. The first kappa shape index (κ1) is 15.5. The molecule has 2 atom stereocenters. The van der Waals surface area contributed by atoms with Crippen LogP contribution < -0.4 is 9.61 Å². The van der Waals surface area contributed by atoms with Crippen LogP contribution in [0.2, 0.25) is 0 Å². The highest BCUT2D eigenvalue weighted by atomic mass is 35.7. The maximum Gasteiger partial charge on any atom is 0.409 e. The van der Waals surface area contributed by atoms with Crippen LogP contribution in [0.3, 0.4) is 0 Å². The normalized spacial score (nSPS) is 16.0. The van der Waals surface area contributed by atoms with Gasteiger partial charge in [0.1, 0.15) is 5.75 Å². The summed E-state index contributed by atoms with van der Waals surface area (Å²) in [5.74, 6) is 0.450. The van der Waals surface area contributed by atoms with Crippen molar-refractivity contribution in [3.8, 4) is 5.75 Å². The molecule has 18 heavy (non-hydrogen) atoms. The maximum atomic E-state index is 12.0. The minimum Gasteiger partial charge on any atom is -0.422 e. The van der Waals surface area contributed by atoms with Gasteiger partial charge < -0.3 is 4.52 Å². The zero-order valence-electron chi connectivity index (χ0n) is 10.6. The first-order valence-corrected chi connectivity index (χ1v) is 7.95. The van der Waals surface area contributed by atoms with Gasteiger partial charge in [-0.2, -0.15) is 0 Å². The second kappa shape index (κ2) is 7.12. The minimum absolute atomic E-state index is 0.213. The molecule has 0 fully saturated rings. The van der Waals surface area contributed by atoms with Crippen molar-refractivity contribution in [3.63, 3.8) is 0 Å². The molecule has 0 spiro atoms. The van der Waals surface area contributed by atoms with Crippen molar-refractivity contribution in [3.05, 3.63) is 29.8 Å². The summed E-state index contributed by atoms with van der Waals surface area (Å²) in [6.07, 6.45) is 0. The first-order valence-electron chi connectivity index (χ1n) is 5.42. The smallest absolute Gasteiger partial charge is 0.409 e. The Morgan fingerprint density at radius 2 is 2.00 bits per heavy atom. The van der Waals surface area contributed by atoms with E-state index in [-0.39, 0.29) is 12.6 Å². The molecule has 0 saturated heterocycles. The Balaban J connectivity index is 2.53. The van der Waals surface area contributed by atoms with E-state index in [1.165, 1.54) is 7.11 Å². The Hall–Kier alpha value is -0.580. The second-order valence-electron chi connectivity index (χ2n) is 3.87. The van der Waals surface area contributed by atoms with Crippen LogP contribution in [0.15, 0.2) is 24.3 Å². The first-order chi connectivity index (χ1) is 8.43. The molecule has 0 heterocycles. The van der Waals surface area contributed by atoms with Gasteiger partial charge in [0.2, 0.25) is 0 Å². The molecule has 0 aliphatic carbocycles. The van der Waals surface area contributed by atoms with Gasteiger partial charge in [-0.15, -0.1) is 0 Å². The van der Waals surface area contributed by atoms with Gasteiger partial charge in [-0.3, -0.25) is 0 Å². The zero-order chi connectivity index (χ0) is 13.6. The largest absolute Gasteiger partial charge is 0.422 e. The molecule has 0 aromatic heterocycles. The average Bonchev–Trinajstić information content (AvgIpc) is 2.28. The number of halogens is 1. The van der Waals surface area contributed by atoms with Gasteiger partial charge in [-0.1, -0.05) is 17.7 Å². The summed E-state index contributed by atoms with van der Waals surface area (Å²) in [6.45, 7) is 0.481. The van der Waals surface area contributed by atoms with Crippen LogP contribution >= 0.6 is 18.1 Å². The number of benzene rings is 1. The van der Waals surface area contributed by atoms with Crippen LogP contribution in [-0.2, 0) is 14.3 Å². The fraction of sp³-hybridized carbons (Fsp3) is 0.455. The Bertz CT molecular complexity index is 412. The lowest BCUT2D eigenvalue weighted by molar-refractivity contribution is -0.274. The SMILES string of the molecule is COOCC(C)NP(=O)(Cl)Oc1ccc(C)cc1. The highest BCUT2D eigenvalue weighted by molar-refractivity contribution is 7.84. The van der Waals surface area contributed by atoms with E-state index in [0.29, 0.717) is 5.75 Å². The second-order valence-corrected chi connectivity index (χ2v) is 6.60. The van der Waals surface area contributed by atoms with Crippen LogP contribution in [0.4, 0.5) is 0 Å². The van der Waals surface area contributed by atoms with Crippen LogP contribution in [0.25, 0.3) is 0 Å². The van der Waals surface area contributed by atoms with E-state index in [1.807, 2.05) is 19.1 Å². The highest BCUT2D eigenvalue weighted by Gasteiger charge is 2.23. The molecule has 1 aromatic rings. The molecule has 0 aliphatic rings. The summed E-state index contributed by atoms with van der Waals surface area (Å²) in [5.41, 5.74) is 1.08. The third-order valence-electron chi connectivity index (χ3n) is 2.05. The van der Waals surface area contributed by atoms with Crippen molar-refractivity contribution in [2.75, 3.05) is 13.7 Å². The van der Waals surface area contributed by atoms with E-state index in [2.05, 4.69) is 9.97 Å². The van der Waals surface area contributed by atoms with E-state index in [1.54, 1.807) is 19.1 Å². The molecule has 7 heteroatoms. The number of aryl methyl sites for hydroxylation is 1. The minimum atomic E-state index is -3.44. The molecule has 0 aliphatic heterocycles. The summed E-state index contributed by atoms with van der Waals surface area (Å²) in [6, 6.07) is 6.86. The predicted octanol–water partition coefficient (Wildman–Crippen LogP) is 3.28. The van der Waals surface area contributed by atoms with Crippen LogP contribution in [0, 0.1) is 6.92 Å². The monoisotopic (exact) mass is 293 g/mol. The summed E-state index contributed by atoms with van der Waals surface area (Å²) in [4.78, 5) is 9.15. The summed E-state index contributed by atoms with van der Waals surface area (Å²) < 4.78 is 17.2. The fourth-order valence-corrected chi connectivity index (χ4v) is 3.02. The van der Waals surface area contributed by atoms with Gasteiger partial charge >= 0.3 is 6.87 Å². The number of hydrogen-bond acceptors (Lipinski definition) is 4. The van der Waals surface area contributed by atoms with Gasteiger partial charge in [0.15, 0.2) is 0 Å².